The molecule has 2 amide bonds. The summed E-state index contributed by atoms with van der Waals surface area (Å²) in [7, 11) is 0. The average molecular weight is 440 g/mol. The van der Waals surface area contributed by atoms with Gasteiger partial charge >= 0.3 is 0 Å². The first-order chi connectivity index (χ1) is 15.0. The van der Waals surface area contributed by atoms with Crippen molar-refractivity contribution in [2.24, 2.45) is 0 Å². The number of para-hydroxylation sites is 1. The van der Waals surface area contributed by atoms with Crippen molar-refractivity contribution in [3.05, 3.63) is 46.8 Å². The zero-order valence-electron chi connectivity index (χ0n) is 20.5. The van der Waals surface area contributed by atoms with E-state index in [0.717, 1.165) is 22.5 Å². The number of aromatic nitrogens is 2. The predicted molar refractivity (Wildman–Crippen MR) is 128 cm³/mol. The Kier molecular flexibility index (Phi) is 7.08. The van der Waals surface area contributed by atoms with Crippen LogP contribution >= 0.6 is 0 Å². The van der Waals surface area contributed by atoms with E-state index in [0.29, 0.717) is 38.4 Å². The van der Waals surface area contributed by atoms with Gasteiger partial charge in [0.25, 0.3) is 5.91 Å². The van der Waals surface area contributed by atoms with Gasteiger partial charge in [-0.05, 0) is 57.7 Å². The van der Waals surface area contributed by atoms with Crippen molar-refractivity contribution in [1.82, 2.24) is 19.6 Å². The summed E-state index contributed by atoms with van der Waals surface area (Å²) < 4.78 is 1.97. The van der Waals surface area contributed by atoms with Gasteiger partial charge in [0, 0.05) is 37.6 Å². The van der Waals surface area contributed by atoms with Crippen LogP contribution in [0.2, 0.25) is 0 Å². The number of carbonyl (C=O) groups excluding carboxylic acids is 2. The lowest BCUT2D eigenvalue weighted by atomic mass is 10.1. The van der Waals surface area contributed by atoms with E-state index in [2.05, 4.69) is 49.9 Å². The molecule has 1 aliphatic rings. The third kappa shape index (κ3) is 5.38. The molecule has 32 heavy (non-hydrogen) atoms. The number of nitrogens with zero attached hydrogens (tertiary/aromatic N) is 4. The summed E-state index contributed by atoms with van der Waals surface area (Å²) in [6, 6.07) is 7.92. The van der Waals surface area contributed by atoms with Gasteiger partial charge in [-0.25, -0.2) is 0 Å². The number of nitrogens with one attached hydrogen (secondary N) is 1. The lowest BCUT2D eigenvalue weighted by Gasteiger charge is -2.34. The first-order valence-corrected chi connectivity index (χ1v) is 11.5. The Morgan fingerprint density at radius 1 is 1.06 bits per heavy atom. The molecular formula is C25H37N5O2. The minimum atomic E-state index is -0.181. The normalized spacial score (nSPS) is 15.3. The second-order valence-electron chi connectivity index (χ2n) is 10.1. The largest absolute Gasteiger partial charge is 0.335 e. The number of aryl methyl sites for hydroxylation is 2. The van der Waals surface area contributed by atoms with E-state index in [1.165, 1.54) is 0 Å². The van der Waals surface area contributed by atoms with Crippen molar-refractivity contribution in [3.8, 4) is 0 Å². The van der Waals surface area contributed by atoms with Crippen LogP contribution in [0, 0.1) is 13.8 Å². The van der Waals surface area contributed by atoms with Crippen molar-refractivity contribution < 1.29 is 9.59 Å². The third-order valence-electron chi connectivity index (χ3n) is 5.96. The summed E-state index contributed by atoms with van der Waals surface area (Å²) in [5.74, 6) is 0.234. The molecule has 0 atom stereocenters. The lowest BCUT2D eigenvalue weighted by molar-refractivity contribution is -0.117. The maximum absolute atomic E-state index is 13.1. The van der Waals surface area contributed by atoms with Gasteiger partial charge in [0.15, 0.2) is 5.69 Å². The molecule has 1 aromatic heterocycles. The molecule has 1 saturated heterocycles. The highest BCUT2D eigenvalue weighted by atomic mass is 16.2. The summed E-state index contributed by atoms with van der Waals surface area (Å²) in [6.45, 7) is 17.4. The smallest absolute Gasteiger partial charge is 0.274 e. The molecule has 2 heterocycles. The van der Waals surface area contributed by atoms with Gasteiger partial charge in [0.05, 0.1) is 12.1 Å². The molecule has 174 valence electrons. The maximum atomic E-state index is 13.1. The van der Waals surface area contributed by atoms with E-state index in [-0.39, 0.29) is 23.3 Å². The van der Waals surface area contributed by atoms with Crippen LogP contribution in [0.15, 0.2) is 24.3 Å². The zero-order valence-corrected chi connectivity index (χ0v) is 20.5. The van der Waals surface area contributed by atoms with E-state index in [1.54, 1.807) is 0 Å². The molecule has 1 aromatic carbocycles. The highest BCUT2D eigenvalue weighted by Crippen LogP contribution is 2.24. The molecule has 0 bridgehead atoms. The predicted octanol–water partition coefficient (Wildman–Crippen LogP) is 3.77. The first-order valence-electron chi connectivity index (χ1n) is 11.5. The SMILES string of the molecule is Cc1cccc(C)c1NC(=O)CN1CCN(C(=O)c2cc(C(C)C)n(C(C)(C)C)n2)CC1. The number of carbonyl (C=O) groups is 2. The second kappa shape index (κ2) is 9.45. The zero-order chi connectivity index (χ0) is 23.6. The lowest BCUT2D eigenvalue weighted by Crippen LogP contribution is -2.50. The van der Waals surface area contributed by atoms with Gasteiger partial charge in [-0.15, -0.1) is 0 Å². The molecule has 0 spiro atoms. The minimum absolute atomic E-state index is 0.0207. The number of piperazine rings is 1. The van der Waals surface area contributed by atoms with Crippen molar-refractivity contribution in [2.75, 3.05) is 38.0 Å². The fraction of sp³-hybridized carbons (Fsp3) is 0.560. The standard InChI is InChI=1S/C25H37N5O2/c1-17(2)21-15-20(27-30(21)25(5,6)7)24(32)29-13-11-28(12-14-29)16-22(31)26-23-18(3)9-8-10-19(23)4/h8-10,15,17H,11-14,16H2,1-7H3,(H,26,31). The van der Waals surface area contributed by atoms with Crippen LogP contribution in [0.1, 0.15) is 67.8 Å². The van der Waals surface area contributed by atoms with Gasteiger partial charge in [0.2, 0.25) is 5.91 Å². The van der Waals surface area contributed by atoms with Crippen LogP contribution < -0.4 is 5.32 Å². The van der Waals surface area contributed by atoms with E-state index in [1.807, 2.05) is 47.7 Å². The van der Waals surface area contributed by atoms with E-state index < -0.39 is 0 Å². The van der Waals surface area contributed by atoms with Crippen LogP contribution in [-0.2, 0) is 10.3 Å². The molecule has 0 unspecified atom stereocenters. The Bertz CT molecular complexity index is 958. The topological polar surface area (TPSA) is 70.5 Å². The molecular weight excluding hydrogens is 402 g/mol. The summed E-state index contributed by atoms with van der Waals surface area (Å²) in [5, 5.41) is 7.70. The molecule has 0 aliphatic carbocycles. The molecule has 3 rings (SSSR count). The molecule has 0 saturated carbocycles. The molecule has 7 heteroatoms. The summed E-state index contributed by atoms with van der Waals surface area (Å²) >= 11 is 0. The Balaban J connectivity index is 1.59. The van der Waals surface area contributed by atoms with Gasteiger partial charge in [-0.1, -0.05) is 32.0 Å². The van der Waals surface area contributed by atoms with E-state index in [4.69, 9.17) is 0 Å². The summed E-state index contributed by atoms with van der Waals surface area (Å²) in [4.78, 5) is 29.6. The van der Waals surface area contributed by atoms with E-state index in [9.17, 15) is 9.59 Å². The Labute approximate surface area is 191 Å². The van der Waals surface area contributed by atoms with Crippen molar-refractivity contribution in [1.29, 1.82) is 0 Å². The highest BCUT2D eigenvalue weighted by molar-refractivity contribution is 5.94. The quantitative estimate of drug-likeness (QED) is 0.770. The average Bonchev–Trinajstić information content (AvgIpc) is 3.17. The van der Waals surface area contributed by atoms with E-state index >= 15 is 0 Å². The van der Waals surface area contributed by atoms with Crippen molar-refractivity contribution in [3.63, 3.8) is 0 Å². The second-order valence-corrected chi connectivity index (χ2v) is 10.1. The van der Waals surface area contributed by atoms with Crippen LogP contribution in [0.4, 0.5) is 5.69 Å². The fourth-order valence-corrected chi connectivity index (χ4v) is 4.11. The van der Waals surface area contributed by atoms with Crippen LogP contribution in [0.25, 0.3) is 0 Å². The van der Waals surface area contributed by atoms with Crippen molar-refractivity contribution in [2.45, 2.75) is 59.9 Å². The Morgan fingerprint density at radius 3 is 2.16 bits per heavy atom. The van der Waals surface area contributed by atoms with Gasteiger partial charge in [-0.2, -0.15) is 5.10 Å². The number of benzene rings is 1. The van der Waals surface area contributed by atoms with Crippen LogP contribution in [0.5, 0.6) is 0 Å². The van der Waals surface area contributed by atoms with Gasteiger partial charge in [-0.3, -0.25) is 19.2 Å². The molecule has 2 aromatic rings. The minimum Gasteiger partial charge on any atom is -0.335 e. The summed E-state index contributed by atoms with van der Waals surface area (Å²) in [5.41, 5.74) is 4.40. The molecule has 1 aliphatic heterocycles. The number of amides is 2. The first kappa shape index (κ1) is 24.0. The number of anilines is 1. The maximum Gasteiger partial charge on any atom is 0.274 e. The van der Waals surface area contributed by atoms with Gasteiger partial charge < -0.3 is 10.2 Å². The van der Waals surface area contributed by atoms with Crippen molar-refractivity contribution >= 4 is 17.5 Å². The summed E-state index contributed by atoms with van der Waals surface area (Å²) in [6.07, 6.45) is 0. The third-order valence-corrected chi connectivity index (χ3v) is 5.96. The Hall–Kier alpha value is -2.67. The molecule has 1 fully saturated rings. The highest BCUT2D eigenvalue weighted by Gasteiger charge is 2.28. The Morgan fingerprint density at radius 2 is 1.66 bits per heavy atom. The van der Waals surface area contributed by atoms with Gasteiger partial charge in [0.1, 0.15) is 0 Å². The monoisotopic (exact) mass is 439 g/mol. The molecule has 0 radical (unpaired) electrons. The number of hydrogen-bond acceptors (Lipinski definition) is 4. The van der Waals surface area contributed by atoms with Crippen LogP contribution in [-0.4, -0.2) is 64.1 Å². The number of hydrogen-bond donors (Lipinski definition) is 1. The fourth-order valence-electron chi connectivity index (χ4n) is 4.11. The van der Waals surface area contributed by atoms with Crippen LogP contribution in [0.3, 0.4) is 0 Å². The molecule has 1 N–H and O–H groups in total. The number of rotatable bonds is 5. The molecule has 7 nitrogen and oxygen atoms in total.